The van der Waals surface area contributed by atoms with Gasteiger partial charge in [-0.15, -0.1) is 0 Å². The van der Waals surface area contributed by atoms with Gasteiger partial charge in [0.05, 0.1) is 19.6 Å². The highest BCUT2D eigenvalue weighted by molar-refractivity contribution is 5.71. The number of ether oxygens (including phenoxy) is 3. The number of methoxy groups -OCH3 is 1. The summed E-state index contributed by atoms with van der Waals surface area (Å²) in [6.45, 7) is 7.55. The normalized spacial score (nSPS) is 20.0. The first-order valence-corrected chi connectivity index (χ1v) is 14.1. The Balaban J connectivity index is 1.45. The van der Waals surface area contributed by atoms with Gasteiger partial charge in [-0.1, -0.05) is 45.0 Å². The lowest BCUT2D eigenvalue weighted by Gasteiger charge is -2.39. The minimum atomic E-state index is -0.780. The van der Waals surface area contributed by atoms with Gasteiger partial charge in [-0.05, 0) is 101 Å². The number of carboxylic acids is 1. The summed E-state index contributed by atoms with van der Waals surface area (Å²) in [5, 5.41) is 9.51. The Hall–Kier alpha value is -3.38. The summed E-state index contributed by atoms with van der Waals surface area (Å²) in [7, 11) is 1.58. The molecular formula is C34H39FO5. The summed E-state index contributed by atoms with van der Waals surface area (Å²) in [4.78, 5) is 11.6. The average Bonchev–Trinajstić information content (AvgIpc) is 3.68. The molecule has 1 saturated carbocycles. The molecule has 0 radical (unpaired) electrons. The number of carboxylic acid groups (broad SMARTS) is 1. The van der Waals surface area contributed by atoms with Crippen LogP contribution in [0.25, 0.3) is 11.1 Å². The quantitative estimate of drug-likeness (QED) is 0.277. The van der Waals surface area contributed by atoms with E-state index in [-0.39, 0.29) is 35.1 Å². The van der Waals surface area contributed by atoms with Gasteiger partial charge in [0.1, 0.15) is 23.9 Å². The second-order valence-electron chi connectivity index (χ2n) is 12.3. The van der Waals surface area contributed by atoms with Crippen LogP contribution >= 0.6 is 0 Å². The summed E-state index contributed by atoms with van der Waals surface area (Å²) >= 11 is 0. The zero-order valence-electron chi connectivity index (χ0n) is 23.8. The first-order chi connectivity index (χ1) is 19.1. The third kappa shape index (κ3) is 6.02. The van der Waals surface area contributed by atoms with Gasteiger partial charge in [-0.2, -0.15) is 0 Å². The summed E-state index contributed by atoms with van der Waals surface area (Å²) < 4.78 is 33.1. The highest BCUT2D eigenvalue weighted by atomic mass is 19.1. The lowest BCUT2D eigenvalue weighted by molar-refractivity contribution is -0.137. The fourth-order valence-corrected chi connectivity index (χ4v) is 6.07. The Labute approximate surface area is 236 Å². The molecule has 1 N–H and O–H groups in total. The van der Waals surface area contributed by atoms with Gasteiger partial charge in [0.25, 0.3) is 0 Å². The number of aliphatic carboxylic acids is 1. The van der Waals surface area contributed by atoms with Crippen LogP contribution in [-0.2, 0) is 16.1 Å². The van der Waals surface area contributed by atoms with Gasteiger partial charge in [0, 0.05) is 12.2 Å². The average molecular weight is 547 g/mol. The number of benzene rings is 3. The van der Waals surface area contributed by atoms with Crippen molar-refractivity contribution in [2.45, 2.75) is 71.5 Å². The van der Waals surface area contributed by atoms with Gasteiger partial charge in [-0.3, -0.25) is 4.79 Å². The standard InChI is InChI=1S/C34H39FO5/c1-33(2)13-6-16-39-32(33)28-17-22(9-11-26(28)27-19-24(38-4)10-12-30(27)35)21-40-25-8-5-7-23(18-25)29(20-31(36)37)34(3)14-15-34/h5,7-12,17-19,29,32H,6,13-16,20-21H2,1-4H3,(H,36,37)/t29-,32-/m1/s1. The maximum Gasteiger partial charge on any atom is 0.303 e. The molecule has 0 aromatic heterocycles. The van der Waals surface area contributed by atoms with E-state index in [4.69, 9.17) is 14.2 Å². The number of halogens is 1. The summed E-state index contributed by atoms with van der Waals surface area (Å²) in [6.07, 6.45) is 4.01. The van der Waals surface area contributed by atoms with Crippen LogP contribution in [0.15, 0.2) is 60.7 Å². The minimum absolute atomic E-state index is 0.0317. The van der Waals surface area contributed by atoms with Crippen molar-refractivity contribution >= 4 is 5.97 Å². The molecule has 3 aromatic carbocycles. The Kier molecular flexibility index (Phi) is 7.92. The van der Waals surface area contributed by atoms with E-state index >= 15 is 4.39 Å². The molecule has 2 fully saturated rings. The fraction of sp³-hybridized carbons (Fsp3) is 0.441. The van der Waals surface area contributed by atoms with Gasteiger partial charge in [0.15, 0.2) is 0 Å². The van der Waals surface area contributed by atoms with Crippen molar-refractivity contribution in [1.29, 1.82) is 0 Å². The molecule has 0 amide bonds. The number of hydrogen-bond acceptors (Lipinski definition) is 4. The molecule has 0 unspecified atom stereocenters. The largest absolute Gasteiger partial charge is 0.497 e. The Morgan fingerprint density at radius 1 is 1.02 bits per heavy atom. The van der Waals surface area contributed by atoms with Crippen LogP contribution in [0, 0.1) is 16.6 Å². The molecule has 2 atom stereocenters. The Morgan fingerprint density at radius 3 is 2.52 bits per heavy atom. The molecule has 1 aliphatic carbocycles. The van der Waals surface area contributed by atoms with E-state index in [9.17, 15) is 9.90 Å². The van der Waals surface area contributed by atoms with Crippen LogP contribution in [0.4, 0.5) is 4.39 Å². The molecule has 1 saturated heterocycles. The lowest BCUT2D eigenvalue weighted by atomic mass is 9.75. The predicted molar refractivity (Wildman–Crippen MR) is 153 cm³/mol. The van der Waals surface area contributed by atoms with Crippen LogP contribution in [0.1, 0.15) is 81.6 Å². The van der Waals surface area contributed by atoms with E-state index in [2.05, 4.69) is 26.8 Å². The van der Waals surface area contributed by atoms with Crippen molar-refractivity contribution in [3.05, 3.63) is 83.2 Å². The van der Waals surface area contributed by atoms with Crippen molar-refractivity contribution < 1.29 is 28.5 Å². The minimum Gasteiger partial charge on any atom is -0.497 e. The third-order valence-electron chi connectivity index (χ3n) is 8.75. The summed E-state index contributed by atoms with van der Waals surface area (Å²) in [6, 6.07) is 18.6. The molecule has 1 aliphatic heterocycles. The number of rotatable bonds is 10. The van der Waals surface area contributed by atoms with E-state index in [0.717, 1.165) is 47.9 Å². The molecule has 40 heavy (non-hydrogen) atoms. The van der Waals surface area contributed by atoms with Crippen LogP contribution in [0.5, 0.6) is 11.5 Å². The molecule has 6 heteroatoms. The Bertz CT molecular complexity index is 1380. The van der Waals surface area contributed by atoms with Crippen molar-refractivity contribution in [2.24, 2.45) is 10.8 Å². The predicted octanol–water partition coefficient (Wildman–Crippen LogP) is 8.32. The zero-order valence-corrected chi connectivity index (χ0v) is 23.8. The molecule has 0 bridgehead atoms. The van der Waals surface area contributed by atoms with E-state index in [0.29, 0.717) is 30.3 Å². The third-order valence-corrected chi connectivity index (χ3v) is 8.75. The SMILES string of the molecule is COc1ccc(F)c(-c2ccc(COc3cccc([C@@H](CC(=O)O)C4(C)CC4)c3)cc2[C@H]2OCCCC2(C)C)c1. The molecule has 0 spiro atoms. The second kappa shape index (κ2) is 11.2. The molecule has 5 nitrogen and oxygen atoms in total. The molecule has 2 aliphatic rings. The topological polar surface area (TPSA) is 65.0 Å². The summed E-state index contributed by atoms with van der Waals surface area (Å²) in [5.74, 6) is 0.174. The van der Waals surface area contributed by atoms with Gasteiger partial charge in [0.2, 0.25) is 0 Å². The first kappa shape index (κ1) is 28.2. The van der Waals surface area contributed by atoms with Crippen molar-refractivity contribution in [3.8, 4) is 22.6 Å². The maximum absolute atomic E-state index is 15.1. The smallest absolute Gasteiger partial charge is 0.303 e. The maximum atomic E-state index is 15.1. The van der Waals surface area contributed by atoms with E-state index < -0.39 is 5.97 Å². The summed E-state index contributed by atoms with van der Waals surface area (Å²) in [5.41, 5.74) is 4.08. The van der Waals surface area contributed by atoms with E-state index in [1.807, 2.05) is 36.4 Å². The second-order valence-corrected chi connectivity index (χ2v) is 12.3. The number of carbonyl (C=O) groups is 1. The van der Waals surface area contributed by atoms with Crippen LogP contribution < -0.4 is 9.47 Å². The molecule has 3 aromatic rings. The highest BCUT2D eigenvalue weighted by Gasteiger charge is 2.46. The highest BCUT2D eigenvalue weighted by Crippen LogP contribution is 2.57. The molecule has 212 valence electrons. The Morgan fingerprint density at radius 2 is 1.82 bits per heavy atom. The van der Waals surface area contributed by atoms with Gasteiger partial charge < -0.3 is 19.3 Å². The fourth-order valence-electron chi connectivity index (χ4n) is 6.07. The van der Waals surface area contributed by atoms with Gasteiger partial charge in [-0.25, -0.2) is 4.39 Å². The number of hydrogen-bond donors (Lipinski definition) is 1. The monoisotopic (exact) mass is 546 g/mol. The van der Waals surface area contributed by atoms with E-state index in [1.165, 1.54) is 6.07 Å². The van der Waals surface area contributed by atoms with Crippen molar-refractivity contribution in [2.75, 3.05) is 13.7 Å². The first-order valence-electron chi connectivity index (χ1n) is 14.1. The molecule has 5 rings (SSSR count). The van der Waals surface area contributed by atoms with Crippen LogP contribution in [-0.4, -0.2) is 24.8 Å². The van der Waals surface area contributed by atoms with Crippen LogP contribution in [0.3, 0.4) is 0 Å². The van der Waals surface area contributed by atoms with E-state index in [1.54, 1.807) is 19.2 Å². The molecular weight excluding hydrogens is 507 g/mol. The van der Waals surface area contributed by atoms with Crippen LogP contribution in [0.2, 0.25) is 0 Å². The van der Waals surface area contributed by atoms with Crippen molar-refractivity contribution in [1.82, 2.24) is 0 Å². The van der Waals surface area contributed by atoms with Gasteiger partial charge >= 0.3 is 5.97 Å². The zero-order chi connectivity index (χ0) is 28.5. The lowest BCUT2D eigenvalue weighted by Crippen LogP contribution is -2.30. The molecule has 1 heterocycles. The van der Waals surface area contributed by atoms with Crippen molar-refractivity contribution in [3.63, 3.8) is 0 Å².